The molecular weight excluding hydrogens is 516 g/mol. The molecule has 4 amide bonds. The molecule has 0 fully saturated rings. The van der Waals surface area contributed by atoms with Crippen LogP contribution in [0.25, 0.3) is 0 Å². The number of hydrogen-bond acceptors (Lipinski definition) is 8. The second-order valence-electron chi connectivity index (χ2n) is 8.54. The van der Waals surface area contributed by atoms with Gasteiger partial charge in [-0.1, -0.05) is 37.1 Å². The highest BCUT2D eigenvalue weighted by Gasteiger charge is 2.12. The Morgan fingerprint density at radius 3 is 1.50 bits per heavy atom. The first kappa shape index (κ1) is 32.1. The number of rotatable bonds is 17. The van der Waals surface area contributed by atoms with E-state index in [1.54, 1.807) is 26.4 Å². The van der Waals surface area contributed by atoms with Crippen LogP contribution in [-0.2, 0) is 0 Å². The van der Waals surface area contributed by atoms with E-state index in [1.165, 1.54) is 22.4 Å². The molecule has 0 heterocycles. The highest BCUT2D eigenvalue weighted by Crippen LogP contribution is 2.16. The third-order valence-electron chi connectivity index (χ3n) is 5.70. The lowest BCUT2D eigenvalue weighted by atomic mass is 10.2. The zero-order chi connectivity index (χ0) is 29.0. The van der Waals surface area contributed by atoms with Crippen LogP contribution in [0, 0.1) is 0 Å². The van der Waals surface area contributed by atoms with Crippen molar-refractivity contribution in [2.45, 2.75) is 25.7 Å². The van der Waals surface area contributed by atoms with Gasteiger partial charge in [0.05, 0.1) is 53.0 Å². The van der Waals surface area contributed by atoms with E-state index in [1.807, 2.05) is 36.4 Å². The maximum Gasteiger partial charge on any atom is 0.337 e. The van der Waals surface area contributed by atoms with Gasteiger partial charge in [-0.2, -0.15) is 10.2 Å². The number of hydrazone groups is 2. The van der Waals surface area contributed by atoms with E-state index in [4.69, 9.17) is 9.47 Å². The minimum Gasteiger partial charge on any atom is -0.496 e. The van der Waals surface area contributed by atoms with Gasteiger partial charge in [-0.05, 0) is 37.1 Å². The fraction of sp³-hybridized carbons (Fsp3) is 0.429. The van der Waals surface area contributed by atoms with E-state index in [2.05, 4.69) is 20.8 Å². The summed E-state index contributed by atoms with van der Waals surface area (Å²) in [5.74, 6) is 1.27. The number of ether oxygens (including phenoxy) is 2. The number of para-hydroxylation sites is 2. The van der Waals surface area contributed by atoms with Crippen LogP contribution in [0.5, 0.6) is 11.5 Å². The van der Waals surface area contributed by atoms with E-state index < -0.39 is 12.1 Å². The molecule has 0 aliphatic rings. The molecule has 0 aliphatic heterocycles. The number of methoxy groups -OCH3 is 2. The molecule has 2 rings (SSSR count). The van der Waals surface area contributed by atoms with E-state index in [0.717, 1.165) is 36.8 Å². The molecule has 0 saturated heterocycles. The van der Waals surface area contributed by atoms with Crippen LogP contribution < -0.4 is 20.1 Å². The third kappa shape index (κ3) is 11.3. The molecule has 4 N–H and O–H groups in total. The van der Waals surface area contributed by atoms with Gasteiger partial charge in [0.1, 0.15) is 11.5 Å². The fourth-order valence-corrected chi connectivity index (χ4v) is 3.60. The van der Waals surface area contributed by atoms with Crippen LogP contribution in [0.1, 0.15) is 36.8 Å². The maximum atomic E-state index is 12.5. The summed E-state index contributed by atoms with van der Waals surface area (Å²) in [6.07, 6.45) is 6.26. The van der Waals surface area contributed by atoms with Crippen molar-refractivity contribution in [3.05, 3.63) is 59.7 Å². The summed E-state index contributed by atoms with van der Waals surface area (Å²) in [5.41, 5.74) is 1.44. The molecular formula is C28H40N6O6. The minimum absolute atomic E-state index is 0.0629. The second-order valence-corrected chi connectivity index (χ2v) is 8.54. The number of urea groups is 2. The lowest BCUT2D eigenvalue weighted by Crippen LogP contribution is -2.39. The summed E-state index contributed by atoms with van der Waals surface area (Å²) in [7, 11) is 3.12. The van der Waals surface area contributed by atoms with Crippen molar-refractivity contribution in [1.29, 1.82) is 0 Å². The van der Waals surface area contributed by atoms with Gasteiger partial charge in [-0.3, -0.25) is 0 Å². The Morgan fingerprint density at radius 2 is 1.12 bits per heavy atom. The van der Waals surface area contributed by atoms with Gasteiger partial charge in [-0.25, -0.2) is 19.6 Å². The summed E-state index contributed by atoms with van der Waals surface area (Å²) in [4.78, 5) is 25.0. The van der Waals surface area contributed by atoms with Crippen LogP contribution in [0.15, 0.2) is 58.7 Å². The van der Waals surface area contributed by atoms with E-state index in [0.29, 0.717) is 24.6 Å². The first-order valence-corrected chi connectivity index (χ1v) is 13.2. The summed E-state index contributed by atoms with van der Waals surface area (Å²) < 4.78 is 10.6. The Morgan fingerprint density at radius 1 is 0.725 bits per heavy atom. The molecule has 40 heavy (non-hydrogen) atoms. The standard InChI is InChI=1S/C28H40N6O6/c1-39-25-13-7-5-11-23(25)21-31-33(17-19-35)27(37)29-15-9-3-4-10-16-30-28(38)34(18-20-36)32-22-24-12-6-8-14-26(24)40-2/h5-8,11-14,21-22,35-36H,3-4,9-10,15-20H2,1-2H3,(H,29,37)(H,30,38)/b31-21+,32-22+. The van der Waals surface area contributed by atoms with Gasteiger partial charge in [0.15, 0.2) is 0 Å². The quantitative estimate of drug-likeness (QED) is 0.134. The Bertz CT molecular complexity index is 1010. The van der Waals surface area contributed by atoms with Gasteiger partial charge < -0.3 is 30.3 Å². The molecule has 2 aromatic carbocycles. The van der Waals surface area contributed by atoms with Crippen LogP contribution in [-0.4, -0.2) is 98.3 Å². The van der Waals surface area contributed by atoms with Crippen LogP contribution in [0.3, 0.4) is 0 Å². The molecule has 0 atom stereocenters. The number of nitrogens with zero attached hydrogens (tertiary/aromatic N) is 4. The van der Waals surface area contributed by atoms with Crippen molar-refractivity contribution in [2.24, 2.45) is 10.2 Å². The van der Waals surface area contributed by atoms with Crippen LogP contribution in [0.4, 0.5) is 9.59 Å². The topological polar surface area (TPSA) is 148 Å². The Labute approximate surface area is 235 Å². The monoisotopic (exact) mass is 556 g/mol. The second kappa shape index (κ2) is 19.0. The number of hydrogen-bond donors (Lipinski definition) is 4. The van der Waals surface area contributed by atoms with Gasteiger partial charge in [0.2, 0.25) is 0 Å². The molecule has 0 radical (unpaired) electrons. The number of benzene rings is 2. The highest BCUT2D eigenvalue weighted by atomic mass is 16.5. The van der Waals surface area contributed by atoms with Crippen LogP contribution >= 0.6 is 0 Å². The SMILES string of the molecule is COc1ccccc1/C=N/N(CCO)C(=O)NCCCCCCNC(=O)N(CCO)/N=C/c1ccccc1OC. The minimum atomic E-state index is -0.398. The first-order valence-electron chi connectivity index (χ1n) is 13.2. The number of carbonyl (C=O) groups is 2. The Kier molecular flexibility index (Phi) is 15.2. The van der Waals surface area contributed by atoms with Crippen molar-refractivity contribution in [2.75, 3.05) is 53.6 Å². The van der Waals surface area contributed by atoms with Crippen molar-refractivity contribution in [3.63, 3.8) is 0 Å². The van der Waals surface area contributed by atoms with Crippen molar-refractivity contribution >= 4 is 24.5 Å². The summed E-state index contributed by atoms with van der Waals surface area (Å²) in [5, 5.41) is 35.0. The molecule has 12 nitrogen and oxygen atoms in total. The predicted molar refractivity (Wildman–Crippen MR) is 154 cm³/mol. The van der Waals surface area contributed by atoms with Crippen LogP contribution in [0.2, 0.25) is 0 Å². The Hall–Kier alpha value is -4.16. The lowest BCUT2D eigenvalue weighted by Gasteiger charge is -2.17. The predicted octanol–water partition coefficient (Wildman–Crippen LogP) is 2.64. The van der Waals surface area contributed by atoms with Crippen molar-refractivity contribution in [3.8, 4) is 11.5 Å². The molecule has 218 valence electrons. The number of aliphatic hydroxyl groups excluding tert-OH is 2. The zero-order valence-electron chi connectivity index (χ0n) is 23.2. The highest BCUT2D eigenvalue weighted by molar-refractivity contribution is 5.85. The first-order chi connectivity index (χ1) is 19.5. The smallest absolute Gasteiger partial charge is 0.337 e. The number of aliphatic hydroxyl groups is 2. The van der Waals surface area contributed by atoms with Gasteiger partial charge in [0.25, 0.3) is 0 Å². The molecule has 0 spiro atoms. The van der Waals surface area contributed by atoms with E-state index in [-0.39, 0.29) is 26.3 Å². The molecule has 0 aliphatic carbocycles. The van der Waals surface area contributed by atoms with Crippen molar-refractivity contribution in [1.82, 2.24) is 20.7 Å². The molecule has 0 saturated carbocycles. The van der Waals surface area contributed by atoms with Gasteiger partial charge in [-0.15, -0.1) is 0 Å². The Balaban J connectivity index is 1.68. The molecule has 0 unspecified atom stereocenters. The normalized spacial score (nSPS) is 11.0. The van der Waals surface area contributed by atoms with Crippen molar-refractivity contribution < 1.29 is 29.3 Å². The molecule has 0 aromatic heterocycles. The maximum absolute atomic E-state index is 12.5. The molecule has 2 aromatic rings. The van der Waals surface area contributed by atoms with E-state index in [9.17, 15) is 19.8 Å². The average Bonchev–Trinajstić information content (AvgIpc) is 2.98. The molecule has 0 bridgehead atoms. The number of amides is 4. The fourth-order valence-electron chi connectivity index (χ4n) is 3.60. The number of carbonyl (C=O) groups excluding carboxylic acids is 2. The lowest BCUT2D eigenvalue weighted by molar-refractivity contribution is 0.179. The molecule has 12 heteroatoms. The number of nitrogens with one attached hydrogen (secondary N) is 2. The zero-order valence-corrected chi connectivity index (χ0v) is 23.2. The summed E-state index contributed by atoms with van der Waals surface area (Å²) >= 11 is 0. The summed E-state index contributed by atoms with van der Waals surface area (Å²) in [6, 6.07) is 13.8. The van der Waals surface area contributed by atoms with Gasteiger partial charge >= 0.3 is 12.1 Å². The summed E-state index contributed by atoms with van der Waals surface area (Å²) in [6.45, 7) is 0.604. The largest absolute Gasteiger partial charge is 0.496 e. The average molecular weight is 557 g/mol. The third-order valence-corrected chi connectivity index (χ3v) is 5.70. The number of unbranched alkanes of at least 4 members (excludes halogenated alkanes) is 3. The van der Waals surface area contributed by atoms with E-state index >= 15 is 0 Å². The van der Waals surface area contributed by atoms with Gasteiger partial charge in [0, 0.05) is 24.2 Å².